The molecular weight excluding hydrogens is 224 g/mol. The van der Waals surface area contributed by atoms with Crippen LogP contribution in [0.1, 0.15) is 64.2 Å². The molecule has 0 aliphatic heterocycles. The van der Waals surface area contributed by atoms with Gasteiger partial charge < -0.3 is 0 Å². The van der Waals surface area contributed by atoms with E-state index in [0.29, 0.717) is 0 Å². The topological polar surface area (TPSA) is 72.3 Å². The number of hydrogen-bond acceptors (Lipinski definition) is 4. The first kappa shape index (κ1) is 13.0. The van der Waals surface area contributed by atoms with E-state index in [9.17, 15) is 10.5 Å². The monoisotopic (exact) mass is 244 g/mol. The van der Waals surface area contributed by atoms with Gasteiger partial charge in [-0.2, -0.15) is 20.8 Å². The molecule has 0 aromatic heterocycles. The number of nitriles is 2. The smallest absolute Gasteiger partial charge is 0.167 e. The van der Waals surface area contributed by atoms with E-state index in [1.807, 2.05) is 0 Å². The molecule has 0 aromatic rings. The van der Waals surface area contributed by atoms with Crippen LogP contribution in [0, 0.1) is 22.7 Å². The Hall–Kier alpha value is -1.42. The number of azo groups is 1. The zero-order valence-electron chi connectivity index (χ0n) is 10.9. The molecule has 0 atom stereocenters. The van der Waals surface area contributed by atoms with Gasteiger partial charge in [-0.25, -0.2) is 0 Å². The Bertz CT molecular complexity index is 349. The third-order valence-corrected chi connectivity index (χ3v) is 4.21. The third kappa shape index (κ3) is 2.70. The molecule has 0 spiro atoms. The molecule has 2 saturated carbocycles. The predicted octanol–water partition coefficient (Wildman–Crippen LogP) is 3.89. The van der Waals surface area contributed by atoms with Gasteiger partial charge in [0.25, 0.3) is 0 Å². The van der Waals surface area contributed by atoms with Crippen LogP contribution in [0.15, 0.2) is 10.2 Å². The van der Waals surface area contributed by atoms with E-state index < -0.39 is 11.1 Å². The SMILES string of the molecule is N#CC1(/N=N\C2(C#N)CCCCC2)CCCCC1. The molecule has 0 aromatic carbocycles. The fraction of sp³-hybridized carbons (Fsp3) is 0.857. The van der Waals surface area contributed by atoms with Crippen LogP contribution < -0.4 is 0 Å². The summed E-state index contributed by atoms with van der Waals surface area (Å²) in [6.45, 7) is 0. The van der Waals surface area contributed by atoms with Crippen molar-refractivity contribution in [2.24, 2.45) is 10.2 Å². The van der Waals surface area contributed by atoms with Crippen molar-refractivity contribution >= 4 is 0 Å². The molecule has 0 saturated heterocycles. The lowest BCUT2D eigenvalue weighted by Crippen LogP contribution is -2.31. The van der Waals surface area contributed by atoms with Crippen molar-refractivity contribution in [3.8, 4) is 12.1 Å². The Labute approximate surface area is 109 Å². The quantitative estimate of drug-likeness (QED) is 0.691. The average molecular weight is 244 g/mol. The van der Waals surface area contributed by atoms with E-state index in [2.05, 4.69) is 22.4 Å². The highest BCUT2D eigenvalue weighted by Gasteiger charge is 2.36. The highest BCUT2D eigenvalue weighted by Crippen LogP contribution is 2.36. The van der Waals surface area contributed by atoms with Gasteiger partial charge in [-0.3, -0.25) is 0 Å². The number of rotatable bonds is 2. The van der Waals surface area contributed by atoms with Crippen LogP contribution >= 0.6 is 0 Å². The zero-order chi connectivity index (χ0) is 12.9. The summed E-state index contributed by atoms with van der Waals surface area (Å²) in [5.74, 6) is 0. The highest BCUT2D eigenvalue weighted by atomic mass is 15.2. The summed E-state index contributed by atoms with van der Waals surface area (Å²) in [5.41, 5.74) is -1.28. The normalized spacial score (nSPS) is 26.3. The molecule has 0 unspecified atom stereocenters. The molecule has 0 N–H and O–H groups in total. The number of nitrogens with zero attached hydrogens (tertiary/aromatic N) is 4. The van der Waals surface area contributed by atoms with Crippen LogP contribution in [0.2, 0.25) is 0 Å². The fourth-order valence-corrected chi connectivity index (χ4v) is 2.93. The standard InChI is InChI=1S/C14H20N4/c15-11-13(7-3-1-4-8-13)17-18-14(12-16)9-5-2-6-10-14/h1-10H2/b18-17-. The van der Waals surface area contributed by atoms with Crippen molar-refractivity contribution < 1.29 is 0 Å². The Morgan fingerprint density at radius 2 is 0.944 bits per heavy atom. The molecular formula is C14H20N4. The van der Waals surface area contributed by atoms with Crippen molar-refractivity contribution in [3.63, 3.8) is 0 Å². The Balaban J connectivity index is 2.12. The lowest BCUT2D eigenvalue weighted by molar-refractivity contribution is 0.310. The second-order valence-corrected chi connectivity index (χ2v) is 5.61. The number of hydrogen-bond donors (Lipinski definition) is 0. The third-order valence-electron chi connectivity index (χ3n) is 4.21. The molecule has 2 rings (SSSR count). The molecule has 0 radical (unpaired) electrons. The van der Waals surface area contributed by atoms with Gasteiger partial charge >= 0.3 is 0 Å². The molecule has 2 aliphatic carbocycles. The molecule has 2 aliphatic rings. The van der Waals surface area contributed by atoms with Gasteiger partial charge in [0.2, 0.25) is 0 Å². The molecule has 0 amide bonds. The summed E-state index contributed by atoms with van der Waals surface area (Å²) >= 11 is 0. The predicted molar refractivity (Wildman–Crippen MR) is 67.7 cm³/mol. The maximum Gasteiger partial charge on any atom is 0.167 e. The molecule has 0 bridgehead atoms. The van der Waals surface area contributed by atoms with Crippen LogP contribution in [0.4, 0.5) is 0 Å². The van der Waals surface area contributed by atoms with E-state index >= 15 is 0 Å². The Morgan fingerprint density at radius 1 is 0.611 bits per heavy atom. The highest BCUT2D eigenvalue weighted by molar-refractivity contribution is 5.12. The first-order chi connectivity index (χ1) is 8.74. The Morgan fingerprint density at radius 3 is 1.22 bits per heavy atom. The molecule has 4 heteroatoms. The van der Waals surface area contributed by atoms with Crippen LogP contribution in [0.3, 0.4) is 0 Å². The summed E-state index contributed by atoms with van der Waals surface area (Å²) in [4.78, 5) is 0. The van der Waals surface area contributed by atoms with Gasteiger partial charge in [0.1, 0.15) is 0 Å². The summed E-state index contributed by atoms with van der Waals surface area (Å²) in [6, 6.07) is 4.66. The second kappa shape index (κ2) is 5.48. The van der Waals surface area contributed by atoms with E-state index in [1.165, 1.54) is 12.8 Å². The average Bonchev–Trinajstić information content (AvgIpc) is 2.47. The summed E-state index contributed by atoms with van der Waals surface area (Å²) in [5, 5.41) is 27.4. The van der Waals surface area contributed by atoms with Gasteiger partial charge in [0.15, 0.2) is 11.1 Å². The van der Waals surface area contributed by atoms with E-state index in [1.54, 1.807) is 0 Å². The molecule has 18 heavy (non-hydrogen) atoms. The van der Waals surface area contributed by atoms with E-state index in [4.69, 9.17) is 0 Å². The molecule has 96 valence electrons. The largest absolute Gasteiger partial charge is 0.196 e. The fourth-order valence-electron chi connectivity index (χ4n) is 2.93. The second-order valence-electron chi connectivity index (χ2n) is 5.61. The van der Waals surface area contributed by atoms with Crippen molar-refractivity contribution in [1.82, 2.24) is 0 Å². The molecule has 2 fully saturated rings. The van der Waals surface area contributed by atoms with Gasteiger partial charge in [0, 0.05) is 0 Å². The van der Waals surface area contributed by atoms with E-state index in [-0.39, 0.29) is 0 Å². The van der Waals surface area contributed by atoms with Crippen molar-refractivity contribution in [1.29, 1.82) is 10.5 Å². The maximum absolute atomic E-state index is 9.34. The van der Waals surface area contributed by atoms with Crippen LogP contribution in [0.5, 0.6) is 0 Å². The first-order valence-corrected chi connectivity index (χ1v) is 7.01. The maximum atomic E-state index is 9.34. The van der Waals surface area contributed by atoms with Crippen LogP contribution in [-0.2, 0) is 0 Å². The van der Waals surface area contributed by atoms with Gasteiger partial charge in [-0.1, -0.05) is 12.8 Å². The zero-order valence-corrected chi connectivity index (χ0v) is 10.9. The van der Waals surface area contributed by atoms with E-state index in [0.717, 1.165) is 51.4 Å². The minimum absolute atomic E-state index is 0.639. The van der Waals surface area contributed by atoms with Gasteiger partial charge in [0.05, 0.1) is 12.1 Å². The first-order valence-electron chi connectivity index (χ1n) is 7.01. The molecule has 4 nitrogen and oxygen atoms in total. The minimum atomic E-state index is -0.639. The summed E-state index contributed by atoms with van der Waals surface area (Å²) in [7, 11) is 0. The molecule has 0 heterocycles. The Kier molecular flexibility index (Phi) is 3.97. The summed E-state index contributed by atoms with van der Waals surface area (Å²) in [6.07, 6.45) is 9.76. The van der Waals surface area contributed by atoms with Crippen molar-refractivity contribution in [3.05, 3.63) is 0 Å². The van der Waals surface area contributed by atoms with Crippen LogP contribution in [-0.4, -0.2) is 11.1 Å². The van der Waals surface area contributed by atoms with Crippen molar-refractivity contribution in [2.45, 2.75) is 75.3 Å². The van der Waals surface area contributed by atoms with Gasteiger partial charge in [-0.15, -0.1) is 0 Å². The minimum Gasteiger partial charge on any atom is -0.196 e. The lowest BCUT2D eigenvalue weighted by Gasteiger charge is -2.29. The van der Waals surface area contributed by atoms with Crippen LogP contribution in [0.25, 0.3) is 0 Å². The van der Waals surface area contributed by atoms with Crippen molar-refractivity contribution in [2.75, 3.05) is 0 Å². The van der Waals surface area contributed by atoms with Gasteiger partial charge in [-0.05, 0) is 51.4 Å². The lowest BCUT2D eigenvalue weighted by atomic mass is 9.82. The summed E-state index contributed by atoms with van der Waals surface area (Å²) < 4.78 is 0.